The van der Waals surface area contributed by atoms with Gasteiger partial charge in [0.15, 0.2) is 6.10 Å². The van der Waals surface area contributed by atoms with Gasteiger partial charge < -0.3 is 62.2 Å². The van der Waals surface area contributed by atoms with E-state index in [4.69, 9.17) is 10.8 Å². The van der Waals surface area contributed by atoms with Crippen LogP contribution in [0.5, 0.6) is 0 Å². The molecule has 0 fully saturated rings. The third-order valence-electron chi connectivity index (χ3n) is 7.72. The Balaban J connectivity index is 1.63. The lowest BCUT2D eigenvalue weighted by Gasteiger charge is -2.26. The molecule has 258 valence electrons. The zero-order valence-corrected chi connectivity index (χ0v) is 26.0. The minimum Gasteiger partial charge on any atom is -0.394 e. The summed E-state index contributed by atoms with van der Waals surface area (Å²) >= 11 is 0. The molecule has 0 bridgehead atoms. The molecule has 47 heavy (non-hydrogen) atoms. The lowest BCUT2D eigenvalue weighted by atomic mass is 10.0. The fourth-order valence-electron chi connectivity index (χ4n) is 5.13. The Bertz CT molecular complexity index is 1530. The zero-order valence-electron chi connectivity index (χ0n) is 26.0. The van der Waals surface area contributed by atoms with E-state index in [1.54, 1.807) is 6.07 Å². The van der Waals surface area contributed by atoms with Gasteiger partial charge in [0.25, 0.3) is 5.91 Å². The molecule has 2 aromatic carbocycles. The summed E-state index contributed by atoms with van der Waals surface area (Å²) in [7, 11) is 0. The number of benzene rings is 2. The molecular formula is C31H44N6O10. The molecule has 16 heteroatoms. The van der Waals surface area contributed by atoms with E-state index in [2.05, 4.69) is 27.4 Å². The van der Waals surface area contributed by atoms with Crippen LogP contribution in [0.15, 0.2) is 42.5 Å². The first-order valence-electron chi connectivity index (χ1n) is 15.3. The molecule has 0 aliphatic rings. The van der Waals surface area contributed by atoms with Gasteiger partial charge in [0.2, 0.25) is 17.7 Å². The number of unbranched alkanes of at least 4 members (excludes halogenated alkanes) is 1. The average molecular weight is 661 g/mol. The van der Waals surface area contributed by atoms with Gasteiger partial charge >= 0.3 is 0 Å². The van der Waals surface area contributed by atoms with Crippen LogP contribution in [0.1, 0.15) is 26.2 Å². The molecule has 0 saturated heterocycles. The molecule has 1 heterocycles. The number of carbonyl (C=O) groups is 4. The van der Waals surface area contributed by atoms with E-state index >= 15 is 0 Å². The summed E-state index contributed by atoms with van der Waals surface area (Å²) < 4.78 is 2.17. The highest BCUT2D eigenvalue weighted by molar-refractivity contribution is 6.10. The van der Waals surface area contributed by atoms with Gasteiger partial charge in [0.1, 0.15) is 30.4 Å². The van der Waals surface area contributed by atoms with Gasteiger partial charge in [0.05, 0.1) is 19.8 Å². The van der Waals surface area contributed by atoms with E-state index in [9.17, 15) is 44.7 Å². The molecule has 0 aliphatic carbocycles. The molecule has 12 N–H and O–H groups in total. The smallest absolute Gasteiger partial charge is 0.252 e. The van der Waals surface area contributed by atoms with E-state index in [-0.39, 0.29) is 6.42 Å². The van der Waals surface area contributed by atoms with E-state index in [0.29, 0.717) is 25.1 Å². The summed E-state index contributed by atoms with van der Waals surface area (Å²) in [6.45, 7) is 0.634. The predicted molar refractivity (Wildman–Crippen MR) is 172 cm³/mol. The fourth-order valence-corrected chi connectivity index (χ4v) is 5.13. The first-order chi connectivity index (χ1) is 22.5. The SMILES string of the molecule is CCn1c2ccccc2c2cc(NC(=O)[C@H](CCCCN)NC(=O)CNC(=O)[C@H](CO)NC(=O)C(O)C(O)C(O)C(O)CO)ccc21. The first kappa shape index (κ1) is 37.3. The largest absolute Gasteiger partial charge is 0.394 e. The van der Waals surface area contributed by atoms with Crippen molar-refractivity contribution in [2.24, 2.45) is 5.73 Å². The third kappa shape index (κ3) is 9.45. The minimum absolute atomic E-state index is 0.256. The topological polar surface area (TPSA) is 269 Å². The second kappa shape index (κ2) is 17.7. The lowest BCUT2D eigenvalue weighted by molar-refractivity contribution is -0.151. The Morgan fingerprint density at radius 1 is 0.809 bits per heavy atom. The average Bonchev–Trinajstić information content (AvgIpc) is 3.40. The highest BCUT2D eigenvalue weighted by Crippen LogP contribution is 2.31. The number of aliphatic hydroxyl groups is 6. The minimum atomic E-state index is -2.34. The van der Waals surface area contributed by atoms with Gasteiger partial charge in [-0.1, -0.05) is 18.2 Å². The lowest BCUT2D eigenvalue weighted by Crippen LogP contribution is -2.57. The summed E-state index contributed by atoms with van der Waals surface area (Å²) in [4.78, 5) is 50.9. The van der Waals surface area contributed by atoms with Crippen LogP contribution in [-0.4, -0.2) is 122 Å². The van der Waals surface area contributed by atoms with Crippen LogP contribution >= 0.6 is 0 Å². The maximum absolute atomic E-state index is 13.3. The third-order valence-corrected chi connectivity index (χ3v) is 7.72. The summed E-state index contributed by atoms with van der Waals surface area (Å²) in [5.74, 6) is -3.64. The number of fused-ring (bicyclic) bond motifs is 3. The van der Waals surface area contributed by atoms with Crippen molar-refractivity contribution in [3.8, 4) is 0 Å². The van der Waals surface area contributed by atoms with Crippen molar-refractivity contribution in [1.82, 2.24) is 20.5 Å². The highest BCUT2D eigenvalue weighted by atomic mass is 16.4. The Hall–Kier alpha value is -4.16. The number of nitrogens with zero attached hydrogens (tertiary/aromatic N) is 1. The molecule has 4 amide bonds. The van der Waals surface area contributed by atoms with Crippen LogP contribution < -0.4 is 27.0 Å². The molecule has 6 atom stereocenters. The van der Waals surface area contributed by atoms with E-state index in [0.717, 1.165) is 28.4 Å². The number of carbonyl (C=O) groups excluding carboxylic acids is 4. The number of nitrogens with two attached hydrogens (primary N) is 1. The normalized spacial score (nSPS) is 15.3. The Morgan fingerprint density at radius 3 is 2.17 bits per heavy atom. The van der Waals surface area contributed by atoms with Crippen LogP contribution in [0.2, 0.25) is 0 Å². The molecular weight excluding hydrogens is 616 g/mol. The number of para-hydroxylation sites is 1. The van der Waals surface area contributed by atoms with Crippen LogP contribution in [0.4, 0.5) is 5.69 Å². The highest BCUT2D eigenvalue weighted by Gasteiger charge is 2.35. The number of hydrogen-bond donors (Lipinski definition) is 11. The Morgan fingerprint density at radius 2 is 1.51 bits per heavy atom. The Labute approximate surface area is 270 Å². The van der Waals surface area contributed by atoms with Gasteiger partial charge in [-0.3, -0.25) is 19.2 Å². The molecule has 1 aromatic heterocycles. The fraction of sp³-hybridized carbons (Fsp3) is 0.484. The van der Waals surface area contributed by atoms with Crippen molar-refractivity contribution >= 4 is 51.1 Å². The molecule has 0 aliphatic heterocycles. The monoisotopic (exact) mass is 660 g/mol. The maximum atomic E-state index is 13.3. The number of aromatic nitrogens is 1. The molecule has 0 radical (unpaired) electrons. The number of anilines is 1. The number of aliphatic hydroxyl groups excluding tert-OH is 6. The van der Waals surface area contributed by atoms with Crippen LogP contribution in [-0.2, 0) is 25.7 Å². The summed E-state index contributed by atoms with van der Waals surface area (Å²) in [5, 5.41) is 69.0. The van der Waals surface area contributed by atoms with Crippen LogP contribution in [0.3, 0.4) is 0 Å². The standard InChI is InChI=1S/C31H44N6O10/c1-2-37-22-9-4-3-7-18(22)19-13-17(10-11-23(19)37)34-30(46)20(8-5-6-12-32)35-25(41)14-33-29(45)21(15-38)36-31(47)28(44)27(43)26(42)24(40)16-39/h3-4,7,9-11,13,20-21,24,26-28,38-40,42-44H,2,5-6,8,12,14-16,32H2,1H3,(H,33,45)(H,34,46)(H,35,41)(H,36,47)/t20-,21-,24?,26?,27?,28?/m0/s1. The number of aryl methyl sites for hydroxylation is 1. The van der Waals surface area contributed by atoms with E-state index in [1.807, 2.05) is 41.7 Å². The summed E-state index contributed by atoms with van der Waals surface area (Å²) in [6, 6.07) is 10.9. The molecule has 4 unspecified atom stereocenters. The molecule has 3 rings (SSSR count). The maximum Gasteiger partial charge on any atom is 0.252 e. The second-order valence-corrected chi connectivity index (χ2v) is 11.0. The molecule has 16 nitrogen and oxygen atoms in total. The van der Waals surface area contributed by atoms with Gasteiger partial charge in [-0.05, 0) is 57.0 Å². The molecule has 0 saturated carbocycles. The number of amides is 4. The second-order valence-electron chi connectivity index (χ2n) is 11.0. The van der Waals surface area contributed by atoms with Crippen molar-refractivity contribution in [1.29, 1.82) is 0 Å². The summed E-state index contributed by atoms with van der Waals surface area (Å²) in [6.07, 6.45) is -7.13. The van der Waals surface area contributed by atoms with Gasteiger partial charge in [-0.15, -0.1) is 0 Å². The number of rotatable bonds is 18. The quantitative estimate of drug-likeness (QED) is 0.0630. The number of hydrogen-bond acceptors (Lipinski definition) is 11. The van der Waals surface area contributed by atoms with Crippen molar-refractivity contribution in [2.75, 3.05) is 31.6 Å². The molecule has 0 spiro atoms. The van der Waals surface area contributed by atoms with Crippen LogP contribution in [0.25, 0.3) is 21.8 Å². The van der Waals surface area contributed by atoms with Crippen molar-refractivity contribution in [3.05, 3.63) is 42.5 Å². The van der Waals surface area contributed by atoms with Crippen molar-refractivity contribution in [2.45, 2.75) is 69.2 Å². The summed E-state index contributed by atoms with van der Waals surface area (Å²) in [5.41, 5.74) is 8.21. The molecule has 3 aromatic rings. The van der Waals surface area contributed by atoms with E-state index in [1.165, 1.54) is 0 Å². The van der Waals surface area contributed by atoms with Gasteiger partial charge in [0, 0.05) is 34.0 Å². The van der Waals surface area contributed by atoms with Gasteiger partial charge in [-0.25, -0.2) is 0 Å². The van der Waals surface area contributed by atoms with E-state index < -0.39 is 79.9 Å². The van der Waals surface area contributed by atoms with Gasteiger partial charge in [-0.2, -0.15) is 0 Å². The first-order valence-corrected chi connectivity index (χ1v) is 15.3. The number of nitrogens with one attached hydrogen (secondary N) is 4. The zero-order chi connectivity index (χ0) is 34.7. The van der Waals surface area contributed by atoms with Crippen LogP contribution in [0, 0.1) is 0 Å². The Kier molecular flexibility index (Phi) is 14.0. The van der Waals surface area contributed by atoms with Crippen molar-refractivity contribution in [3.63, 3.8) is 0 Å². The van der Waals surface area contributed by atoms with Crippen molar-refractivity contribution < 1.29 is 49.8 Å². The predicted octanol–water partition coefficient (Wildman–Crippen LogP) is -2.60.